The van der Waals surface area contributed by atoms with Gasteiger partial charge in [-0.3, -0.25) is 14.9 Å². The minimum absolute atomic E-state index is 0.0133. The van der Waals surface area contributed by atoms with E-state index in [0.717, 1.165) is 24.9 Å². The van der Waals surface area contributed by atoms with Gasteiger partial charge in [0.15, 0.2) is 0 Å². The molecule has 5 rings (SSSR count). The summed E-state index contributed by atoms with van der Waals surface area (Å²) in [6.45, 7) is 0.684. The van der Waals surface area contributed by atoms with Crippen molar-refractivity contribution >= 4 is 44.6 Å². The van der Waals surface area contributed by atoms with Crippen LogP contribution in [-0.2, 0) is 19.7 Å². The maximum atomic E-state index is 12.8. The summed E-state index contributed by atoms with van der Waals surface area (Å²) in [5.74, 6) is -0.00914. The number of primary amides is 1. The maximum absolute atomic E-state index is 12.8. The molecule has 0 spiro atoms. The first kappa shape index (κ1) is 21.3. The lowest BCUT2D eigenvalue weighted by Gasteiger charge is -2.24. The van der Waals surface area contributed by atoms with Crippen molar-refractivity contribution in [3.63, 3.8) is 0 Å². The molecular formula is C22H23N5O5S. The van der Waals surface area contributed by atoms with Gasteiger partial charge in [-0.05, 0) is 62.1 Å². The number of fused-ring (bicyclic) bond motifs is 1. The van der Waals surface area contributed by atoms with Gasteiger partial charge in [-0.15, -0.1) is 0 Å². The number of nitrogens with one attached hydrogen (secondary N) is 2. The lowest BCUT2D eigenvalue weighted by Crippen LogP contribution is -2.40. The third-order valence-corrected chi connectivity index (χ3v) is 7.15. The number of carbonyl (C=O) groups excluding carboxylic acids is 2. The normalized spacial score (nSPS) is 18.4. The fraction of sp³-hybridized carbons (Fsp3) is 0.318. The Balaban J connectivity index is 1.31. The van der Waals surface area contributed by atoms with Crippen LogP contribution in [0, 0.1) is 5.92 Å². The van der Waals surface area contributed by atoms with Crippen LogP contribution in [0.2, 0.25) is 0 Å². The Kier molecular flexibility index (Phi) is 5.20. The molecule has 2 amide bonds. The minimum atomic E-state index is -4.09. The van der Waals surface area contributed by atoms with Crippen molar-refractivity contribution in [1.82, 2.24) is 9.97 Å². The van der Waals surface area contributed by atoms with E-state index in [9.17, 15) is 18.0 Å². The van der Waals surface area contributed by atoms with Gasteiger partial charge in [-0.1, -0.05) is 0 Å². The molecule has 11 heteroatoms. The van der Waals surface area contributed by atoms with E-state index in [1.165, 1.54) is 24.3 Å². The van der Waals surface area contributed by atoms with Crippen LogP contribution in [0.4, 0.5) is 11.6 Å². The van der Waals surface area contributed by atoms with Crippen molar-refractivity contribution in [2.75, 3.05) is 16.8 Å². The Morgan fingerprint density at radius 1 is 1.12 bits per heavy atom. The fourth-order valence-corrected chi connectivity index (χ4v) is 4.93. The van der Waals surface area contributed by atoms with Crippen LogP contribution in [-0.4, -0.2) is 42.8 Å². The first-order chi connectivity index (χ1) is 15.8. The van der Waals surface area contributed by atoms with Crippen LogP contribution < -0.4 is 20.1 Å². The molecule has 2 fully saturated rings. The lowest BCUT2D eigenvalue weighted by molar-refractivity contribution is -0.119. The molecule has 3 aromatic rings. The quantitative estimate of drug-likeness (QED) is 0.449. The van der Waals surface area contributed by atoms with Crippen molar-refractivity contribution in [3.05, 3.63) is 42.5 Å². The van der Waals surface area contributed by atoms with E-state index >= 15 is 0 Å². The second-order valence-corrected chi connectivity index (χ2v) is 9.86. The van der Waals surface area contributed by atoms with Gasteiger partial charge in [0.2, 0.25) is 17.8 Å². The molecule has 33 heavy (non-hydrogen) atoms. The van der Waals surface area contributed by atoms with E-state index in [-0.39, 0.29) is 28.5 Å². The number of rotatable bonds is 7. The molecule has 1 atom stereocenters. The number of hydrogen-bond donors (Lipinski definition) is 3. The predicted octanol–water partition coefficient (Wildman–Crippen LogP) is 2.13. The molecule has 10 nitrogen and oxygen atoms in total. The molecule has 2 heterocycles. The molecule has 1 unspecified atom stereocenters. The molecule has 1 aromatic heterocycles. The van der Waals surface area contributed by atoms with E-state index in [1.54, 1.807) is 18.2 Å². The summed E-state index contributed by atoms with van der Waals surface area (Å²) < 4.78 is 30.9. The zero-order valence-electron chi connectivity index (χ0n) is 17.7. The number of imidazole rings is 1. The number of aromatic nitrogens is 2. The highest BCUT2D eigenvalue weighted by Crippen LogP contribution is 2.31. The Morgan fingerprint density at radius 3 is 2.58 bits per heavy atom. The Labute approximate surface area is 190 Å². The monoisotopic (exact) mass is 469 g/mol. The zero-order valence-corrected chi connectivity index (χ0v) is 18.5. The second kappa shape index (κ2) is 8.07. The largest absolute Gasteiger partial charge is 0.379 e. The van der Waals surface area contributed by atoms with Gasteiger partial charge >= 0.3 is 10.1 Å². The van der Waals surface area contributed by atoms with Gasteiger partial charge in [0, 0.05) is 24.2 Å². The van der Waals surface area contributed by atoms with Gasteiger partial charge in [-0.2, -0.15) is 8.42 Å². The molecule has 2 aromatic carbocycles. The average Bonchev–Trinajstić information content (AvgIpc) is 3.37. The first-order valence-corrected chi connectivity index (χ1v) is 12.1. The highest BCUT2D eigenvalue weighted by molar-refractivity contribution is 7.87. The smallest absolute Gasteiger partial charge is 0.339 e. The van der Waals surface area contributed by atoms with Crippen LogP contribution >= 0.6 is 0 Å². The summed E-state index contributed by atoms with van der Waals surface area (Å²) >= 11 is 0. The van der Waals surface area contributed by atoms with Crippen molar-refractivity contribution in [3.8, 4) is 5.75 Å². The Bertz CT molecular complexity index is 1330. The number of anilines is 2. The summed E-state index contributed by atoms with van der Waals surface area (Å²) in [6.07, 6.45) is 3.29. The molecule has 4 N–H and O–H groups in total. The van der Waals surface area contributed by atoms with Crippen LogP contribution in [0.1, 0.15) is 25.7 Å². The van der Waals surface area contributed by atoms with Gasteiger partial charge in [0.05, 0.1) is 11.0 Å². The van der Waals surface area contributed by atoms with E-state index in [0.29, 0.717) is 29.9 Å². The molecule has 1 saturated heterocycles. The third kappa shape index (κ3) is 4.36. The summed E-state index contributed by atoms with van der Waals surface area (Å²) in [6, 6.07) is 10.4. The summed E-state index contributed by atoms with van der Waals surface area (Å²) in [5.41, 5.74) is 7.31. The highest BCUT2D eigenvalue weighted by atomic mass is 32.2. The van der Waals surface area contributed by atoms with E-state index < -0.39 is 16.0 Å². The number of amides is 2. The van der Waals surface area contributed by atoms with E-state index in [4.69, 9.17) is 9.92 Å². The molecule has 2 aliphatic rings. The lowest BCUT2D eigenvalue weighted by atomic mass is 10.2. The Morgan fingerprint density at radius 2 is 1.88 bits per heavy atom. The molecule has 172 valence electrons. The summed E-state index contributed by atoms with van der Waals surface area (Å²) in [7, 11) is -4.09. The van der Waals surface area contributed by atoms with Crippen molar-refractivity contribution in [2.45, 2.75) is 36.6 Å². The van der Waals surface area contributed by atoms with Crippen LogP contribution in [0.3, 0.4) is 0 Å². The molecule has 1 aliphatic heterocycles. The molecule has 1 saturated carbocycles. The number of nitrogens with two attached hydrogens (primary N) is 1. The van der Waals surface area contributed by atoms with Gasteiger partial charge in [0.1, 0.15) is 16.7 Å². The molecule has 0 radical (unpaired) electrons. The molecule has 0 bridgehead atoms. The number of aromatic amines is 1. The molecule has 1 aliphatic carbocycles. The van der Waals surface area contributed by atoms with Gasteiger partial charge in [0.25, 0.3) is 0 Å². The summed E-state index contributed by atoms with van der Waals surface area (Å²) in [5, 5.41) is 2.73. The van der Waals surface area contributed by atoms with Gasteiger partial charge < -0.3 is 19.8 Å². The topological polar surface area (TPSA) is 147 Å². The zero-order chi connectivity index (χ0) is 23.2. The number of carbonyl (C=O) groups is 2. The SMILES string of the molecule is NC(=O)C1CCCN1c1ccc(S(=O)(=O)Oc2ccc3[nH]c(NC(=O)C4CC4)nc3c2)cc1. The van der Waals surface area contributed by atoms with Gasteiger partial charge in [-0.25, -0.2) is 4.98 Å². The predicted molar refractivity (Wildman–Crippen MR) is 121 cm³/mol. The first-order valence-electron chi connectivity index (χ1n) is 10.7. The average molecular weight is 470 g/mol. The number of H-pyrrole nitrogens is 1. The van der Waals surface area contributed by atoms with Crippen molar-refractivity contribution in [2.24, 2.45) is 11.7 Å². The van der Waals surface area contributed by atoms with E-state index in [1.807, 2.05) is 4.90 Å². The van der Waals surface area contributed by atoms with E-state index in [2.05, 4.69) is 15.3 Å². The minimum Gasteiger partial charge on any atom is -0.379 e. The van der Waals surface area contributed by atoms with Crippen LogP contribution in [0.15, 0.2) is 47.4 Å². The van der Waals surface area contributed by atoms with Crippen molar-refractivity contribution in [1.29, 1.82) is 0 Å². The van der Waals surface area contributed by atoms with Crippen LogP contribution in [0.5, 0.6) is 5.75 Å². The Hall–Kier alpha value is -3.60. The fourth-order valence-electron chi connectivity index (χ4n) is 4.01. The number of hydrogen-bond acceptors (Lipinski definition) is 7. The third-order valence-electron chi connectivity index (χ3n) is 5.89. The highest BCUT2D eigenvalue weighted by Gasteiger charge is 2.31. The maximum Gasteiger partial charge on any atom is 0.339 e. The number of benzene rings is 2. The second-order valence-electron chi connectivity index (χ2n) is 8.31. The van der Waals surface area contributed by atoms with Crippen molar-refractivity contribution < 1.29 is 22.2 Å². The van der Waals surface area contributed by atoms with Crippen LogP contribution in [0.25, 0.3) is 11.0 Å². The summed E-state index contributed by atoms with van der Waals surface area (Å²) in [4.78, 5) is 32.7. The number of nitrogens with zero attached hydrogens (tertiary/aromatic N) is 2. The molecular weight excluding hydrogens is 446 g/mol. The standard InChI is InChI=1S/C22H23N5O5S/c23-20(28)19-2-1-11-27(19)14-5-8-16(9-6-14)33(30,31)32-15-7-10-17-18(12-15)25-22(24-17)26-21(29)13-3-4-13/h5-10,12-13,19H,1-4,11H2,(H2,23,28)(H2,24,25,26,29).